The van der Waals surface area contributed by atoms with E-state index in [1.807, 2.05) is 0 Å². The lowest BCUT2D eigenvalue weighted by Gasteiger charge is -2.27. The minimum atomic E-state index is -2.01. The lowest BCUT2D eigenvalue weighted by molar-refractivity contribution is -0.153. The Morgan fingerprint density at radius 3 is 2.33 bits per heavy atom. The number of carbonyl (C=O) groups excluding carboxylic acids is 2. The quantitative estimate of drug-likeness (QED) is 0.455. The molecule has 0 unspecified atom stereocenters. The highest BCUT2D eigenvalue weighted by Gasteiger charge is 2.45. The summed E-state index contributed by atoms with van der Waals surface area (Å²) in [6.07, 6.45) is -0.726. The maximum absolute atomic E-state index is 12.3. The fourth-order valence-corrected chi connectivity index (χ4v) is 1.97. The molecule has 0 spiro atoms. The summed E-state index contributed by atoms with van der Waals surface area (Å²) in [5.41, 5.74) is 10.1. The van der Waals surface area contributed by atoms with Crippen LogP contribution >= 0.6 is 0 Å². The standard InChI is InChI=1S/C14H18N2O5/c1-21-13(20)14(16,8-9-5-3-2-4-6-9)12(19)10(15)7-11(17)18/h2-6,10H,7-8,15-16H2,1H3,(H,17,18)/t10-,14+/m0/s1. The van der Waals surface area contributed by atoms with Crippen LogP contribution in [0.2, 0.25) is 0 Å². The van der Waals surface area contributed by atoms with Gasteiger partial charge in [-0.15, -0.1) is 0 Å². The van der Waals surface area contributed by atoms with Gasteiger partial charge in [0.2, 0.25) is 0 Å². The van der Waals surface area contributed by atoms with Crippen molar-refractivity contribution in [3.05, 3.63) is 35.9 Å². The first-order chi connectivity index (χ1) is 9.81. The zero-order valence-electron chi connectivity index (χ0n) is 11.6. The fourth-order valence-electron chi connectivity index (χ4n) is 1.97. The Morgan fingerprint density at radius 1 is 1.29 bits per heavy atom. The molecule has 0 heterocycles. The van der Waals surface area contributed by atoms with Gasteiger partial charge in [-0.2, -0.15) is 0 Å². The maximum Gasteiger partial charge on any atom is 0.334 e. The number of carboxylic acid groups (broad SMARTS) is 1. The first-order valence-electron chi connectivity index (χ1n) is 6.24. The van der Waals surface area contributed by atoms with Gasteiger partial charge in [-0.25, -0.2) is 4.79 Å². The molecule has 21 heavy (non-hydrogen) atoms. The Morgan fingerprint density at radius 2 is 1.86 bits per heavy atom. The molecule has 0 bridgehead atoms. The van der Waals surface area contributed by atoms with E-state index in [0.29, 0.717) is 5.56 Å². The Kier molecular flexibility index (Phi) is 5.57. The number of nitrogens with two attached hydrogens (primary N) is 2. The second-order valence-corrected chi connectivity index (χ2v) is 4.69. The Hall–Kier alpha value is -2.25. The molecule has 7 heteroatoms. The summed E-state index contributed by atoms with van der Waals surface area (Å²) in [7, 11) is 1.10. The summed E-state index contributed by atoms with van der Waals surface area (Å²) in [6, 6.07) is 7.25. The van der Waals surface area contributed by atoms with E-state index in [0.717, 1.165) is 7.11 Å². The Labute approximate surface area is 121 Å². The number of rotatable bonds is 7. The molecule has 0 aliphatic carbocycles. The number of carbonyl (C=O) groups is 3. The highest BCUT2D eigenvalue weighted by Crippen LogP contribution is 2.16. The van der Waals surface area contributed by atoms with Crippen LogP contribution in [0, 0.1) is 0 Å². The van der Waals surface area contributed by atoms with Gasteiger partial charge < -0.3 is 21.3 Å². The van der Waals surface area contributed by atoms with E-state index in [1.165, 1.54) is 0 Å². The zero-order valence-corrected chi connectivity index (χ0v) is 11.6. The van der Waals surface area contributed by atoms with Crippen LogP contribution < -0.4 is 11.5 Å². The van der Waals surface area contributed by atoms with Crippen molar-refractivity contribution in [2.75, 3.05) is 7.11 Å². The minimum Gasteiger partial charge on any atom is -0.481 e. The maximum atomic E-state index is 12.3. The number of hydrogen-bond acceptors (Lipinski definition) is 6. The first-order valence-corrected chi connectivity index (χ1v) is 6.24. The van der Waals surface area contributed by atoms with Gasteiger partial charge >= 0.3 is 11.9 Å². The van der Waals surface area contributed by atoms with E-state index < -0.39 is 35.7 Å². The van der Waals surface area contributed by atoms with Crippen LogP contribution in [-0.2, 0) is 25.5 Å². The third kappa shape index (κ3) is 4.11. The van der Waals surface area contributed by atoms with Crippen LogP contribution in [0.1, 0.15) is 12.0 Å². The van der Waals surface area contributed by atoms with Crippen molar-refractivity contribution in [3.8, 4) is 0 Å². The first kappa shape index (κ1) is 16.8. The molecule has 0 fully saturated rings. The number of esters is 1. The summed E-state index contributed by atoms with van der Waals surface area (Å²) in [5.74, 6) is -3.06. The van der Waals surface area contributed by atoms with Gasteiger partial charge in [0.1, 0.15) is 0 Å². The van der Waals surface area contributed by atoms with Crippen LogP contribution in [0.25, 0.3) is 0 Å². The summed E-state index contributed by atoms with van der Waals surface area (Å²) in [6.45, 7) is 0. The summed E-state index contributed by atoms with van der Waals surface area (Å²) in [4.78, 5) is 34.8. The van der Waals surface area contributed by atoms with E-state index in [-0.39, 0.29) is 6.42 Å². The molecule has 5 N–H and O–H groups in total. The molecule has 0 aliphatic rings. The minimum absolute atomic E-state index is 0.118. The van der Waals surface area contributed by atoms with Gasteiger partial charge in [0.15, 0.2) is 11.3 Å². The number of benzene rings is 1. The van der Waals surface area contributed by atoms with Crippen molar-refractivity contribution in [2.45, 2.75) is 24.4 Å². The number of aliphatic carboxylic acids is 1. The smallest absolute Gasteiger partial charge is 0.334 e. The van der Waals surface area contributed by atoms with E-state index in [1.54, 1.807) is 30.3 Å². The molecule has 0 amide bonds. The lowest BCUT2D eigenvalue weighted by Crippen LogP contribution is -2.62. The summed E-state index contributed by atoms with van der Waals surface area (Å²) >= 11 is 0. The average Bonchev–Trinajstić information content (AvgIpc) is 2.45. The summed E-state index contributed by atoms with van der Waals surface area (Å²) < 4.78 is 4.58. The van der Waals surface area contributed by atoms with Gasteiger partial charge in [0.25, 0.3) is 0 Å². The third-order valence-corrected chi connectivity index (χ3v) is 3.05. The second kappa shape index (κ2) is 6.96. The predicted molar refractivity (Wildman–Crippen MR) is 74.3 cm³/mol. The van der Waals surface area contributed by atoms with Gasteiger partial charge in [-0.05, 0) is 5.56 Å². The predicted octanol–water partition coefficient (Wildman–Crippen LogP) is -0.529. The zero-order chi connectivity index (χ0) is 16.0. The molecule has 7 nitrogen and oxygen atoms in total. The molecule has 114 valence electrons. The van der Waals surface area contributed by atoms with E-state index in [4.69, 9.17) is 16.6 Å². The molecule has 0 saturated heterocycles. The van der Waals surface area contributed by atoms with Crippen molar-refractivity contribution in [1.29, 1.82) is 0 Å². The number of ether oxygens (including phenoxy) is 1. The van der Waals surface area contributed by atoms with Gasteiger partial charge in [0.05, 0.1) is 19.6 Å². The number of methoxy groups -OCH3 is 1. The molecule has 0 radical (unpaired) electrons. The lowest BCUT2D eigenvalue weighted by atomic mass is 9.83. The summed E-state index contributed by atoms with van der Waals surface area (Å²) in [5, 5.41) is 8.69. The third-order valence-electron chi connectivity index (χ3n) is 3.05. The molecule has 2 atom stereocenters. The normalized spacial score (nSPS) is 14.8. The van der Waals surface area contributed by atoms with Crippen molar-refractivity contribution in [2.24, 2.45) is 11.5 Å². The molecule has 1 aromatic rings. The highest BCUT2D eigenvalue weighted by molar-refractivity contribution is 6.11. The number of Topliss-reactive ketones (excluding diaryl/α,β-unsaturated/α-hetero) is 1. The average molecular weight is 294 g/mol. The number of ketones is 1. The van der Waals surface area contributed by atoms with Gasteiger partial charge in [-0.1, -0.05) is 30.3 Å². The van der Waals surface area contributed by atoms with Crippen molar-refractivity contribution >= 4 is 17.7 Å². The fraction of sp³-hybridized carbons (Fsp3) is 0.357. The molecule has 0 saturated carbocycles. The van der Waals surface area contributed by atoms with Gasteiger partial charge in [-0.3, -0.25) is 9.59 Å². The number of hydrogen-bond donors (Lipinski definition) is 3. The number of carboxylic acids is 1. The van der Waals surface area contributed by atoms with Crippen molar-refractivity contribution < 1.29 is 24.2 Å². The van der Waals surface area contributed by atoms with Crippen LogP contribution in [0.3, 0.4) is 0 Å². The molecule has 1 aromatic carbocycles. The molecular weight excluding hydrogens is 276 g/mol. The van der Waals surface area contributed by atoms with Crippen LogP contribution in [0.15, 0.2) is 30.3 Å². The second-order valence-electron chi connectivity index (χ2n) is 4.69. The monoisotopic (exact) mass is 294 g/mol. The Balaban J connectivity index is 3.06. The van der Waals surface area contributed by atoms with E-state index in [9.17, 15) is 14.4 Å². The van der Waals surface area contributed by atoms with Crippen molar-refractivity contribution in [3.63, 3.8) is 0 Å². The molecule has 0 aliphatic heterocycles. The van der Waals surface area contributed by atoms with E-state index >= 15 is 0 Å². The van der Waals surface area contributed by atoms with Crippen LogP contribution in [-0.4, -0.2) is 41.5 Å². The van der Waals surface area contributed by atoms with E-state index in [2.05, 4.69) is 4.74 Å². The molecule has 1 rings (SSSR count). The topological polar surface area (TPSA) is 133 Å². The molecular formula is C14H18N2O5. The highest BCUT2D eigenvalue weighted by atomic mass is 16.5. The Bertz CT molecular complexity index is 531. The van der Waals surface area contributed by atoms with Crippen LogP contribution in [0.4, 0.5) is 0 Å². The molecule has 0 aromatic heterocycles. The van der Waals surface area contributed by atoms with Gasteiger partial charge in [0, 0.05) is 6.42 Å². The largest absolute Gasteiger partial charge is 0.481 e. The SMILES string of the molecule is COC(=O)[C@@](N)(Cc1ccccc1)C(=O)[C@@H](N)CC(=O)O. The van der Waals surface area contributed by atoms with Crippen LogP contribution in [0.5, 0.6) is 0 Å². The van der Waals surface area contributed by atoms with Crippen molar-refractivity contribution in [1.82, 2.24) is 0 Å².